The molecule has 0 spiro atoms. The highest BCUT2D eigenvalue weighted by Gasteiger charge is 2.32. The van der Waals surface area contributed by atoms with E-state index in [0.29, 0.717) is 5.69 Å². The molecule has 0 aliphatic rings. The maximum absolute atomic E-state index is 12.5. The maximum Gasteiger partial charge on any atom is 0.419 e. The number of hydrogen-bond acceptors (Lipinski definition) is 3. The van der Waals surface area contributed by atoms with Gasteiger partial charge < -0.3 is 5.32 Å². The van der Waals surface area contributed by atoms with Crippen molar-refractivity contribution in [3.63, 3.8) is 0 Å². The molecule has 1 unspecified atom stereocenters. The van der Waals surface area contributed by atoms with Crippen molar-refractivity contribution < 1.29 is 13.2 Å². The van der Waals surface area contributed by atoms with Crippen LogP contribution < -0.4 is 5.32 Å². The second kappa shape index (κ2) is 6.26. The number of nitrogens with zero attached hydrogens (tertiary/aromatic N) is 3. The maximum atomic E-state index is 12.5. The number of halogens is 3. The standard InChI is InChI=1S/C14H17F3N4/c1-3-6-18-10(2)13-5-4-12(8-19-13)21-9-11(7-20-21)14(15,16)17/h4-5,7-10,18H,3,6H2,1-2H3. The zero-order valence-corrected chi connectivity index (χ0v) is 11.9. The van der Waals surface area contributed by atoms with Gasteiger partial charge >= 0.3 is 6.18 Å². The molecule has 0 amide bonds. The van der Waals surface area contributed by atoms with Crippen LogP contribution in [0.25, 0.3) is 5.69 Å². The van der Waals surface area contributed by atoms with Crippen LogP contribution in [0.1, 0.15) is 37.6 Å². The number of alkyl halides is 3. The van der Waals surface area contributed by atoms with Gasteiger partial charge in [-0.15, -0.1) is 0 Å². The van der Waals surface area contributed by atoms with E-state index < -0.39 is 11.7 Å². The minimum Gasteiger partial charge on any atom is -0.309 e. The summed E-state index contributed by atoms with van der Waals surface area (Å²) in [5.41, 5.74) is 0.567. The van der Waals surface area contributed by atoms with Crippen LogP contribution in [-0.4, -0.2) is 21.3 Å². The Labute approximate surface area is 121 Å². The first-order valence-corrected chi connectivity index (χ1v) is 6.73. The van der Waals surface area contributed by atoms with Crippen LogP contribution in [0, 0.1) is 0 Å². The van der Waals surface area contributed by atoms with Gasteiger partial charge in [-0.3, -0.25) is 4.98 Å². The average molecular weight is 298 g/mol. The van der Waals surface area contributed by atoms with Crippen LogP contribution in [0.4, 0.5) is 13.2 Å². The second-order valence-corrected chi connectivity index (χ2v) is 4.79. The van der Waals surface area contributed by atoms with Crippen LogP contribution in [0.5, 0.6) is 0 Å². The molecule has 1 atom stereocenters. The highest BCUT2D eigenvalue weighted by Crippen LogP contribution is 2.29. The Kier molecular flexibility index (Phi) is 4.62. The van der Waals surface area contributed by atoms with E-state index in [4.69, 9.17) is 0 Å². The van der Waals surface area contributed by atoms with Crippen LogP contribution in [-0.2, 0) is 6.18 Å². The van der Waals surface area contributed by atoms with Crippen molar-refractivity contribution in [2.45, 2.75) is 32.5 Å². The third-order valence-electron chi connectivity index (χ3n) is 3.09. The van der Waals surface area contributed by atoms with Gasteiger partial charge in [0.15, 0.2) is 0 Å². The lowest BCUT2D eigenvalue weighted by molar-refractivity contribution is -0.137. The van der Waals surface area contributed by atoms with Gasteiger partial charge in [-0.25, -0.2) is 4.68 Å². The van der Waals surface area contributed by atoms with Crippen molar-refractivity contribution in [2.24, 2.45) is 0 Å². The highest BCUT2D eigenvalue weighted by atomic mass is 19.4. The summed E-state index contributed by atoms with van der Waals surface area (Å²) in [7, 11) is 0. The quantitative estimate of drug-likeness (QED) is 0.920. The predicted molar refractivity (Wildman–Crippen MR) is 73.1 cm³/mol. The minimum atomic E-state index is -4.38. The summed E-state index contributed by atoms with van der Waals surface area (Å²) in [6, 6.07) is 3.60. The Balaban J connectivity index is 2.13. The second-order valence-electron chi connectivity index (χ2n) is 4.79. The molecule has 0 fully saturated rings. The van der Waals surface area contributed by atoms with Crippen molar-refractivity contribution >= 4 is 0 Å². The Bertz CT molecular complexity index is 575. The van der Waals surface area contributed by atoms with Gasteiger partial charge in [-0.1, -0.05) is 6.92 Å². The summed E-state index contributed by atoms with van der Waals surface area (Å²) < 4.78 is 38.8. The fourth-order valence-electron chi connectivity index (χ4n) is 1.86. The van der Waals surface area contributed by atoms with E-state index >= 15 is 0 Å². The molecule has 0 aromatic carbocycles. The highest BCUT2D eigenvalue weighted by molar-refractivity contribution is 5.30. The predicted octanol–water partition coefficient (Wildman–Crippen LogP) is 3.35. The topological polar surface area (TPSA) is 42.7 Å². The Morgan fingerprint density at radius 3 is 2.57 bits per heavy atom. The van der Waals surface area contributed by atoms with Gasteiger partial charge in [0.2, 0.25) is 0 Å². The van der Waals surface area contributed by atoms with Gasteiger partial charge in [-0.05, 0) is 32.0 Å². The molecule has 0 radical (unpaired) electrons. The minimum absolute atomic E-state index is 0.0994. The number of hydrogen-bond donors (Lipinski definition) is 1. The summed E-state index contributed by atoms with van der Waals surface area (Å²) >= 11 is 0. The summed E-state index contributed by atoms with van der Waals surface area (Å²) in [5, 5.41) is 7.02. The van der Waals surface area contributed by atoms with E-state index in [2.05, 4.69) is 22.3 Å². The Morgan fingerprint density at radius 2 is 2.05 bits per heavy atom. The number of rotatable bonds is 5. The molecule has 2 aromatic heterocycles. The van der Waals surface area contributed by atoms with E-state index in [1.54, 1.807) is 12.1 Å². The molecule has 0 saturated heterocycles. The molecular weight excluding hydrogens is 281 g/mol. The van der Waals surface area contributed by atoms with Crippen LogP contribution >= 0.6 is 0 Å². The van der Waals surface area contributed by atoms with Crippen LogP contribution in [0.2, 0.25) is 0 Å². The summed E-state index contributed by atoms with van der Waals surface area (Å²) in [5.74, 6) is 0. The monoisotopic (exact) mass is 298 g/mol. The van der Waals surface area contributed by atoms with Gasteiger partial charge in [0.25, 0.3) is 0 Å². The molecule has 0 saturated carbocycles. The normalized spacial score (nSPS) is 13.4. The zero-order chi connectivity index (χ0) is 15.5. The first-order chi connectivity index (χ1) is 9.91. The summed E-state index contributed by atoms with van der Waals surface area (Å²) in [6.07, 6.45) is -0.0818. The summed E-state index contributed by atoms with van der Waals surface area (Å²) in [4.78, 5) is 4.27. The average Bonchev–Trinajstić information content (AvgIpc) is 2.95. The van der Waals surface area contributed by atoms with Crippen molar-refractivity contribution in [3.8, 4) is 5.69 Å². The fraction of sp³-hybridized carbons (Fsp3) is 0.429. The molecule has 0 aliphatic carbocycles. The fourth-order valence-corrected chi connectivity index (χ4v) is 1.86. The Morgan fingerprint density at radius 1 is 1.29 bits per heavy atom. The third kappa shape index (κ3) is 3.81. The van der Waals surface area contributed by atoms with Gasteiger partial charge in [-0.2, -0.15) is 18.3 Å². The molecule has 21 heavy (non-hydrogen) atoms. The van der Waals surface area contributed by atoms with E-state index in [0.717, 1.165) is 31.1 Å². The molecule has 4 nitrogen and oxygen atoms in total. The lowest BCUT2D eigenvalue weighted by atomic mass is 10.2. The van der Waals surface area contributed by atoms with E-state index in [9.17, 15) is 13.2 Å². The van der Waals surface area contributed by atoms with Crippen molar-refractivity contribution in [1.82, 2.24) is 20.1 Å². The largest absolute Gasteiger partial charge is 0.419 e. The number of aromatic nitrogens is 3. The molecule has 1 N–H and O–H groups in total. The lowest BCUT2D eigenvalue weighted by Crippen LogP contribution is -2.20. The molecule has 0 bridgehead atoms. The molecular formula is C14H17F3N4. The van der Waals surface area contributed by atoms with Crippen LogP contribution in [0.3, 0.4) is 0 Å². The van der Waals surface area contributed by atoms with Gasteiger partial charge in [0.1, 0.15) is 0 Å². The van der Waals surface area contributed by atoms with Crippen LogP contribution in [0.15, 0.2) is 30.7 Å². The molecule has 2 aromatic rings. The van der Waals surface area contributed by atoms with E-state index in [1.165, 1.54) is 10.9 Å². The summed E-state index contributed by atoms with van der Waals surface area (Å²) in [6.45, 7) is 4.96. The smallest absolute Gasteiger partial charge is 0.309 e. The molecule has 2 rings (SSSR count). The van der Waals surface area contributed by atoms with E-state index in [-0.39, 0.29) is 6.04 Å². The molecule has 0 aliphatic heterocycles. The van der Waals surface area contributed by atoms with Crippen molar-refractivity contribution in [3.05, 3.63) is 42.0 Å². The molecule has 114 valence electrons. The van der Waals surface area contributed by atoms with Gasteiger partial charge in [0.05, 0.1) is 29.3 Å². The molecule has 7 heteroatoms. The zero-order valence-electron chi connectivity index (χ0n) is 11.9. The van der Waals surface area contributed by atoms with Gasteiger partial charge in [0, 0.05) is 12.2 Å². The third-order valence-corrected chi connectivity index (χ3v) is 3.09. The van der Waals surface area contributed by atoms with Crippen molar-refractivity contribution in [2.75, 3.05) is 6.54 Å². The number of nitrogens with one attached hydrogen (secondary N) is 1. The molecule has 2 heterocycles. The SMILES string of the molecule is CCCNC(C)c1ccc(-n2cc(C(F)(F)F)cn2)cn1. The Hall–Kier alpha value is -1.89. The first-order valence-electron chi connectivity index (χ1n) is 6.73. The first kappa shape index (κ1) is 15.5. The van der Waals surface area contributed by atoms with Crippen molar-refractivity contribution in [1.29, 1.82) is 0 Å². The number of pyridine rings is 1. The van der Waals surface area contributed by atoms with E-state index in [1.807, 2.05) is 6.92 Å². The lowest BCUT2D eigenvalue weighted by Gasteiger charge is -2.12.